The van der Waals surface area contributed by atoms with Crippen LogP contribution in [-0.4, -0.2) is 19.7 Å². The number of ether oxygens (including phenoxy) is 1. The lowest BCUT2D eigenvalue weighted by Crippen LogP contribution is -2.29. The fourth-order valence-corrected chi connectivity index (χ4v) is 1.56. The molecule has 0 fully saturated rings. The third kappa shape index (κ3) is 3.37. The molecule has 0 saturated heterocycles. The molecule has 4 nitrogen and oxygen atoms in total. The molecule has 0 saturated carbocycles. The normalized spacial score (nSPS) is 9.88. The van der Waals surface area contributed by atoms with E-state index in [0.29, 0.717) is 6.54 Å². The van der Waals surface area contributed by atoms with Crippen LogP contribution in [0.4, 0.5) is 10.5 Å². The third-order valence-corrected chi connectivity index (χ3v) is 2.74. The van der Waals surface area contributed by atoms with E-state index < -0.39 is 0 Å². The van der Waals surface area contributed by atoms with Crippen molar-refractivity contribution in [2.45, 2.75) is 27.2 Å². The lowest BCUT2D eigenvalue weighted by molar-refractivity contribution is 0.252. The van der Waals surface area contributed by atoms with Crippen molar-refractivity contribution >= 4 is 11.7 Å². The molecular weight excluding hydrogens is 216 g/mol. The van der Waals surface area contributed by atoms with E-state index in [0.717, 1.165) is 29.0 Å². The lowest BCUT2D eigenvalue weighted by Gasteiger charge is -2.13. The zero-order chi connectivity index (χ0) is 12.8. The number of hydrogen-bond acceptors (Lipinski definition) is 2. The second kappa shape index (κ2) is 6.13. The molecule has 1 aromatic rings. The summed E-state index contributed by atoms with van der Waals surface area (Å²) < 4.78 is 5.22. The van der Waals surface area contributed by atoms with Gasteiger partial charge in [0.15, 0.2) is 0 Å². The second-order valence-electron chi connectivity index (χ2n) is 3.95. The number of anilines is 1. The van der Waals surface area contributed by atoms with Gasteiger partial charge in [-0.15, -0.1) is 0 Å². The number of methoxy groups -OCH3 is 1. The van der Waals surface area contributed by atoms with Gasteiger partial charge in [0.05, 0.1) is 7.11 Å². The first-order valence-corrected chi connectivity index (χ1v) is 5.79. The number of hydrogen-bond donors (Lipinski definition) is 2. The lowest BCUT2D eigenvalue weighted by atomic mass is 10.1. The Labute approximate surface area is 102 Å². The van der Waals surface area contributed by atoms with Gasteiger partial charge in [-0.1, -0.05) is 6.92 Å². The molecule has 0 heterocycles. The molecule has 17 heavy (non-hydrogen) atoms. The first kappa shape index (κ1) is 13.4. The van der Waals surface area contributed by atoms with E-state index in [1.807, 2.05) is 32.9 Å². The standard InChI is InChI=1S/C13H20N2O2/c1-5-8-14-13(16)15-11-6-7-12(17-4)10(3)9(11)2/h6-7H,5,8H2,1-4H3,(H2,14,15,16). The number of benzene rings is 1. The van der Waals surface area contributed by atoms with Crippen molar-refractivity contribution < 1.29 is 9.53 Å². The monoisotopic (exact) mass is 236 g/mol. The maximum atomic E-state index is 11.5. The Morgan fingerprint density at radius 2 is 2.00 bits per heavy atom. The van der Waals surface area contributed by atoms with Crippen molar-refractivity contribution in [3.8, 4) is 5.75 Å². The summed E-state index contributed by atoms with van der Waals surface area (Å²) in [5.41, 5.74) is 2.88. The van der Waals surface area contributed by atoms with Crippen molar-refractivity contribution in [1.29, 1.82) is 0 Å². The molecule has 0 aliphatic heterocycles. The molecule has 2 amide bonds. The molecule has 0 aliphatic rings. The van der Waals surface area contributed by atoms with Crippen molar-refractivity contribution in [2.75, 3.05) is 19.0 Å². The van der Waals surface area contributed by atoms with E-state index in [-0.39, 0.29) is 6.03 Å². The van der Waals surface area contributed by atoms with E-state index in [4.69, 9.17) is 4.74 Å². The Hall–Kier alpha value is -1.71. The van der Waals surface area contributed by atoms with Gasteiger partial charge < -0.3 is 15.4 Å². The topological polar surface area (TPSA) is 50.4 Å². The minimum Gasteiger partial charge on any atom is -0.496 e. The van der Waals surface area contributed by atoms with E-state index in [1.165, 1.54) is 0 Å². The van der Waals surface area contributed by atoms with Crippen LogP contribution in [0.1, 0.15) is 24.5 Å². The molecule has 0 bridgehead atoms. The maximum absolute atomic E-state index is 11.5. The van der Waals surface area contributed by atoms with E-state index in [2.05, 4.69) is 10.6 Å². The van der Waals surface area contributed by atoms with Gasteiger partial charge in [-0.05, 0) is 43.5 Å². The van der Waals surface area contributed by atoms with Crippen LogP contribution in [-0.2, 0) is 0 Å². The number of carbonyl (C=O) groups is 1. The highest BCUT2D eigenvalue weighted by Crippen LogP contribution is 2.26. The summed E-state index contributed by atoms with van der Waals surface area (Å²) in [5.74, 6) is 0.835. The molecule has 1 rings (SSSR count). The molecule has 0 aromatic heterocycles. The zero-order valence-corrected chi connectivity index (χ0v) is 10.9. The fraction of sp³-hybridized carbons (Fsp3) is 0.462. The van der Waals surface area contributed by atoms with Crippen LogP contribution in [0, 0.1) is 13.8 Å². The Kier molecular flexibility index (Phi) is 4.82. The Bertz CT molecular complexity index is 403. The van der Waals surface area contributed by atoms with Crippen LogP contribution >= 0.6 is 0 Å². The van der Waals surface area contributed by atoms with Gasteiger partial charge in [0.2, 0.25) is 0 Å². The third-order valence-electron chi connectivity index (χ3n) is 2.74. The predicted molar refractivity (Wildman–Crippen MR) is 69.8 cm³/mol. The number of rotatable bonds is 4. The first-order chi connectivity index (χ1) is 8.10. The highest BCUT2D eigenvalue weighted by atomic mass is 16.5. The van der Waals surface area contributed by atoms with Crippen LogP contribution in [0.2, 0.25) is 0 Å². The fourth-order valence-electron chi connectivity index (χ4n) is 1.56. The van der Waals surface area contributed by atoms with Gasteiger partial charge in [0.1, 0.15) is 5.75 Å². The van der Waals surface area contributed by atoms with Crippen LogP contribution in [0.3, 0.4) is 0 Å². The van der Waals surface area contributed by atoms with E-state index >= 15 is 0 Å². The zero-order valence-electron chi connectivity index (χ0n) is 10.9. The van der Waals surface area contributed by atoms with Crippen molar-refractivity contribution in [1.82, 2.24) is 5.32 Å². The molecule has 0 unspecified atom stereocenters. The van der Waals surface area contributed by atoms with Gasteiger partial charge in [0, 0.05) is 12.2 Å². The number of nitrogens with one attached hydrogen (secondary N) is 2. The molecule has 1 aromatic carbocycles. The van der Waals surface area contributed by atoms with Crippen molar-refractivity contribution in [3.63, 3.8) is 0 Å². The van der Waals surface area contributed by atoms with Gasteiger partial charge in [-0.3, -0.25) is 0 Å². The predicted octanol–water partition coefficient (Wildman–Crippen LogP) is 2.84. The van der Waals surface area contributed by atoms with Crippen LogP contribution in [0.5, 0.6) is 5.75 Å². The van der Waals surface area contributed by atoms with E-state index in [9.17, 15) is 4.79 Å². The second-order valence-corrected chi connectivity index (χ2v) is 3.95. The molecule has 0 aliphatic carbocycles. The molecule has 0 spiro atoms. The van der Waals surface area contributed by atoms with E-state index in [1.54, 1.807) is 7.11 Å². The smallest absolute Gasteiger partial charge is 0.319 e. The number of urea groups is 1. The first-order valence-electron chi connectivity index (χ1n) is 5.79. The summed E-state index contributed by atoms with van der Waals surface area (Å²) >= 11 is 0. The summed E-state index contributed by atoms with van der Waals surface area (Å²) in [7, 11) is 1.64. The summed E-state index contributed by atoms with van der Waals surface area (Å²) in [6, 6.07) is 3.55. The maximum Gasteiger partial charge on any atom is 0.319 e. The largest absolute Gasteiger partial charge is 0.496 e. The average molecular weight is 236 g/mol. The van der Waals surface area contributed by atoms with Crippen LogP contribution in [0.25, 0.3) is 0 Å². The quantitative estimate of drug-likeness (QED) is 0.844. The Morgan fingerprint density at radius 1 is 1.29 bits per heavy atom. The highest BCUT2D eigenvalue weighted by molar-refractivity contribution is 5.90. The van der Waals surface area contributed by atoms with Crippen molar-refractivity contribution in [2.24, 2.45) is 0 Å². The minimum atomic E-state index is -0.167. The van der Waals surface area contributed by atoms with Gasteiger partial charge in [-0.2, -0.15) is 0 Å². The number of carbonyl (C=O) groups excluding carboxylic acids is 1. The molecule has 4 heteroatoms. The van der Waals surface area contributed by atoms with Gasteiger partial charge in [-0.25, -0.2) is 4.79 Å². The van der Waals surface area contributed by atoms with Gasteiger partial charge in [0.25, 0.3) is 0 Å². The van der Waals surface area contributed by atoms with Gasteiger partial charge >= 0.3 is 6.03 Å². The SMILES string of the molecule is CCCNC(=O)Nc1ccc(OC)c(C)c1C. The number of amides is 2. The molecule has 0 radical (unpaired) electrons. The van der Waals surface area contributed by atoms with Crippen molar-refractivity contribution in [3.05, 3.63) is 23.3 Å². The Morgan fingerprint density at radius 3 is 2.59 bits per heavy atom. The van der Waals surface area contributed by atoms with Crippen LogP contribution in [0.15, 0.2) is 12.1 Å². The minimum absolute atomic E-state index is 0.167. The highest BCUT2D eigenvalue weighted by Gasteiger charge is 2.08. The summed E-state index contributed by atoms with van der Waals surface area (Å²) in [6.45, 7) is 6.64. The molecule has 0 atom stereocenters. The average Bonchev–Trinajstić information content (AvgIpc) is 2.33. The molecule has 94 valence electrons. The Balaban J connectivity index is 2.79. The molecule has 2 N–H and O–H groups in total. The molecular formula is C13H20N2O2. The van der Waals surface area contributed by atoms with Crippen LogP contribution < -0.4 is 15.4 Å². The summed E-state index contributed by atoms with van der Waals surface area (Å²) in [4.78, 5) is 11.5. The summed E-state index contributed by atoms with van der Waals surface area (Å²) in [6.07, 6.45) is 0.925. The summed E-state index contributed by atoms with van der Waals surface area (Å²) in [5, 5.41) is 5.61.